The summed E-state index contributed by atoms with van der Waals surface area (Å²) in [4.78, 5) is 19.3. The summed E-state index contributed by atoms with van der Waals surface area (Å²) in [5.41, 5.74) is 2.56. The lowest BCUT2D eigenvalue weighted by Gasteiger charge is -2.34. The molecule has 1 aromatic heterocycles. The van der Waals surface area contributed by atoms with Crippen LogP contribution in [0, 0.1) is 5.92 Å². The third-order valence-corrected chi connectivity index (χ3v) is 6.08. The number of fused-ring (bicyclic) bond motifs is 1. The molecule has 1 aliphatic heterocycles. The van der Waals surface area contributed by atoms with Gasteiger partial charge in [-0.1, -0.05) is 37.3 Å². The summed E-state index contributed by atoms with van der Waals surface area (Å²) in [6.45, 7) is 3.70. The van der Waals surface area contributed by atoms with E-state index in [-0.39, 0.29) is 11.8 Å². The van der Waals surface area contributed by atoms with E-state index in [2.05, 4.69) is 34.1 Å². The van der Waals surface area contributed by atoms with Crippen LogP contribution in [0.25, 0.3) is 10.8 Å². The van der Waals surface area contributed by atoms with Crippen molar-refractivity contribution in [2.24, 2.45) is 5.92 Å². The molecule has 2 heterocycles. The van der Waals surface area contributed by atoms with Crippen LogP contribution in [0.1, 0.15) is 36.8 Å². The van der Waals surface area contributed by atoms with Crippen LogP contribution in [0.2, 0.25) is 0 Å². The molecule has 2 aromatic carbocycles. The number of benzene rings is 2. The summed E-state index contributed by atoms with van der Waals surface area (Å²) in [7, 11) is 1.67. The fourth-order valence-corrected chi connectivity index (χ4v) is 4.43. The van der Waals surface area contributed by atoms with Gasteiger partial charge in [0.25, 0.3) is 0 Å². The van der Waals surface area contributed by atoms with E-state index >= 15 is 0 Å². The highest BCUT2D eigenvalue weighted by Gasteiger charge is 2.27. The zero-order valence-electron chi connectivity index (χ0n) is 17.2. The molecule has 1 amide bonds. The standard InChI is InChI=1S/C25H28N2O2/c1-18(16-19-6-8-22(29-2)9-7-19)25(28)27-14-11-20(12-15-27)23-5-3-4-21-17-26-13-10-24(21)23/h3-10,13,17-18,20H,11-12,14-16H2,1-2H3. The molecule has 1 aliphatic rings. The van der Waals surface area contributed by atoms with Gasteiger partial charge in [-0.05, 0) is 59.9 Å². The molecular weight excluding hydrogens is 360 g/mol. The molecule has 0 aliphatic carbocycles. The Morgan fingerprint density at radius 2 is 1.90 bits per heavy atom. The summed E-state index contributed by atoms with van der Waals surface area (Å²) in [6, 6.07) is 16.6. The van der Waals surface area contributed by atoms with Crippen LogP contribution in [0.5, 0.6) is 5.75 Å². The Hall–Kier alpha value is -2.88. The Morgan fingerprint density at radius 1 is 1.14 bits per heavy atom. The van der Waals surface area contributed by atoms with E-state index in [0.717, 1.165) is 38.1 Å². The van der Waals surface area contributed by atoms with Crippen LogP contribution in [0.4, 0.5) is 0 Å². The number of hydrogen-bond acceptors (Lipinski definition) is 3. The first-order chi connectivity index (χ1) is 14.2. The summed E-state index contributed by atoms with van der Waals surface area (Å²) < 4.78 is 5.21. The van der Waals surface area contributed by atoms with Gasteiger partial charge in [-0.3, -0.25) is 9.78 Å². The lowest BCUT2D eigenvalue weighted by Crippen LogP contribution is -2.41. The zero-order chi connectivity index (χ0) is 20.2. The third kappa shape index (κ3) is 4.26. The number of aromatic nitrogens is 1. The van der Waals surface area contributed by atoms with Gasteiger partial charge >= 0.3 is 0 Å². The molecular formula is C25H28N2O2. The normalized spacial score (nSPS) is 16.0. The maximum Gasteiger partial charge on any atom is 0.225 e. The van der Waals surface area contributed by atoms with Gasteiger partial charge in [-0.15, -0.1) is 0 Å². The summed E-state index contributed by atoms with van der Waals surface area (Å²) in [6.07, 6.45) is 6.59. The van der Waals surface area contributed by atoms with Crippen molar-refractivity contribution in [1.82, 2.24) is 9.88 Å². The lowest BCUT2D eigenvalue weighted by atomic mass is 9.86. The summed E-state index contributed by atoms with van der Waals surface area (Å²) in [5, 5.41) is 2.48. The number of carbonyl (C=O) groups excluding carboxylic acids is 1. The second kappa shape index (κ2) is 8.64. The van der Waals surface area contributed by atoms with Crippen LogP contribution < -0.4 is 4.74 Å². The van der Waals surface area contributed by atoms with E-state index in [1.165, 1.54) is 21.9 Å². The van der Waals surface area contributed by atoms with Crippen molar-refractivity contribution in [3.8, 4) is 5.75 Å². The van der Waals surface area contributed by atoms with E-state index in [1.807, 2.05) is 43.6 Å². The molecule has 4 rings (SSSR count). The van der Waals surface area contributed by atoms with Crippen LogP contribution in [0.15, 0.2) is 60.9 Å². The predicted molar refractivity (Wildman–Crippen MR) is 116 cm³/mol. The van der Waals surface area contributed by atoms with Gasteiger partial charge in [0.1, 0.15) is 5.75 Å². The van der Waals surface area contributed by atoms with Gasteiger partial charge in [0.2, 0.25) is 5.91 Å². The van der Waals surface area contributed by atoms with Crippen LogP contribution >= 0.6 is 0 Å². The van der Waals surface area contributed by atoms with Gasteiger partial charge in [-0.25, -0.2) is 0 Å². The summed E-state index contributed by atoms with van der Waals surface area (Å²) in [5.74, 6) is 1.60. The van der Waals surface area contributed by atoms with Gasteiger partial charge in [0.15, 0.2) is 0 Å². The molecule has 0 spiro atoms. The minimum absolute atomic E-state index is 0.0106. The van der Waals surface area contributed by atoms with Crippen LogP contribution in [-0.2, 0) is 11.2 Å². The van der Waals surface area contributed by atoms with Gasteiger partial charge in [0.05, 0.1) is 7.11 Å². The Balaban J connectivity index is 1.37. The maximum absolute atomic E-state index is 13.0. The largest absolute Gasteiger partial charge is 0.497 e. The number of pyridine rings is 1. The zero-order valence-corrected chi connectivity index (χ0v) is 17.2. The minimum Gasteiger partial charge on any atom is -0.497 e. The van der Waals surface area contributed by atoms with Crippen molar-refractivity contribution >= 4 is 16.7 Å². The second-order valence-electron chi connectivity index (χ2n) is 8.00. The van der Waals surface area contributed by atoms with Crippen molar-refractivity contribution in [3.05, 3.63) is 72.1 Å². The first-order valence-electron chi connectivity index (χ1n) is 10.4. The van der Waals surface area contributed by atoms with E-state index in [1.54, 1.807) is 7.11 Å². The highest BCUT2D eigenvalue weighted by atomic mass is 16.5. The number of likely N-dealkylation sites (tertiary alicyclic amines) is 1. The molecule has 4 heteroatoms. The molecule has 0 radical (unpaired) electrons. The van der Waals surface area contributed by atoms with Crippen molar-refractivity contribution in [3.63, 3.8) is 0 Å². The Kier molecular flexibility index (Phi) is 5.79. The fraction of sp³-hybridized carbons (Fsp3) is 0.360. The SMILES string of the molecule is COc1ccc(CC(C)C(=O)N2CCC(c3cccc4cnccc34)CC2)cc1. The Morgan fingerprint density at radius 3 is 2.62 bits per heavy atom. The average molecular weight is 389 g/mol. The van der Waals surface area contributed by atoms with E-state index < -0.39 is 0 Å². The maximum atomic E-state index is 13.0. The average Bonchev–Trinajstić information content (AvgIpc) is 2.79. The highest BCUT2D eigenvalue weighted by molar-refractivity contribution is 5.85. The van der Waals surface area contributed by atoms with Crippen molar-refractivity contribution < 1.29 is 9.53 Å². The number of carbonyl (C=O) groups is 1. The minimum atomic E-state index is -0.0106. The molecule has 1 atom stereocenters. The second-order valence-corrected chi connectivity index (χ2v) is 8.00. The van der Waals surface area contributed by atoms with E-state index in [4.69, 9.17) is 4.74 Å². The number of ether oxygens (including phenoxy) is 1. The van der Waals surface area contributed by atoms with Crippen molar-refractivity contribution in [1.29, 1.82) is 0 Å². The van der Waals surface area contributed by atoms with E-state index in [0.29, 0.717) is 5.92 Å². The number of piperidine rings is 1. The van der Waals surface area contributed by atoms with Crippen LogP contribution in [-0.4, -0.2) is 36.0 Å². The van der Waals surface area contributed by atoms with Crippen LogP contribution in [0.3, 0.4) is 0 Å². The third-order valence-electron chi connectivity index (χ3n) is 6.08. The highest BCUT2D eigenvalue weighted by Crippen LogP contribution is 2.33. The predicted octanol–water partition coefficient (Wildman–Crippen LogP) is 4.83. The lowest BCUT2D eigenvalue weighted by molar-refractivity contribution is -0.136. The van der Waals surface area contributed by atoms with Gasteiger partial charge in [0, 0.05) is 36.8 Å². The first-order valence-corrected chi connectivity index (χ1v) is 10.4. The molecule has 29 heavy (non-hydrogen) atoms. The molecule has 1 unspecified atom stereocenters. The number of hydrogen-bond donors (Lipinski definition) is 0. The topological polar surface area (TPSA) is 42.4 Å². The number of methoxy groups -OCH3 is 1. The molecule has 1 saturated heterocycles. The molecule has 1 fully saturated rings. The van der Waals surface area contributed by atoms with Crippen molar-refractivity contribution in [2.45, 2.75) is 32.1 Å². The van der Waals surface area contributed by atoms with E-state index in [9.17, 15) is 4.79 Å². The molecule has 0 bridgehead atoms. The fourth-order valence-electron chi connectivity index (χ4n) is 4.43. The number of nitrogens with zero attached hydrogens (tertiary/aromatic N) is 2. The monoisotopic (exact) mass is 388 g/mol. The molecule has 3 aromatic rings. The van der Waals surface area contributed by atoms with Crippen molar-refractivity contribution in [2.75, 3.05) is 20.2 Å². The Labute approximate surface area is 172 Å². The van der Waals surface area contributed by atoms with Gasteiger partial charge in [-0.2, -0.15) is 0 Å². The summed E-state index contributed by atoms with van der Waals surface area (Å²) >= 11 is 0. The molecule has 150 valence electrons. The quantitative estimate of drug-likeness (QED) is 0.629. The van der Waals surface area contributed by atoms with Gasteiger partial charge < -0.3 is 9.64 Å². The number of amides is 1. The molecule has 0 saturated carbocycles. The Bertz CT molecular complexity index is 970. The molecule has 4 nitrogen and oxygen atoms in total. The first kappa shape index (κ1) is 19.4. The number of rotatable bonds is 5. The smallest absolute Gasteiger partial charge is 0.225 e. The molecule has 0 N–H and O–H groups in total.